The fraction of sp³-hybridized carbons (Fsp3) is 0.500. The first-order valence-corrected chi connectivity index (χ1v) is 13.8. The highest BCUT2D eigenvalue weighted by Crippen LogP contribution is 2.46. The summed E-state index contributed by atoms with van der Waals surface area (Å²) in [7, 11) is -7.30. The Morgan fingerprint density at radius 1 is 0.781 bits per heavy atom. The standard InChI is InChI=1S/C24H34N2O4S2/c1-18-6-10-21(11-7-18)31(27,28)25-17-24(5)15-20(14-23(3,4)16-24)26-32(29,30)22-12-8-19(2)9-13-22/h6-13,20,25-26H,14-17H2,1-5H3. The fourth-order valence-corrected chi connectivity index (χ4v) is 7.36. The highest BCUT2D eigenvalue weighted by atomic mass is 32.2. The molecule has 0 heterocycles. The summed E-state index contributed by atoms with van der Waals surface area (Å²) in [6.45, 7) is 10.3. The first kappa shape index (κ1) is 24.9. The van der Waals surface area contributed by atoms with E-state index in [4.69, 9.17) is 0 Å². The summed E-state index contributed by atoms with van der Waals surface area (Å²) in [4.78, 5) is 0.478. The van der Waals surface area contributed by atoms with Crippen molar-refractivity contribution < 1.29 is 16.8 Å². The molecule has 0 amide bonds. The van der Waals surface area contributed by atoms with Crippen molar-refractivity contribution >= 4 is 20.0 Å². The molecule has 0 bridgehead atoms. The Hall–Kier alpha value is -1.74. The van der Waals surface area contributed by atoms with E-state index >= 15 is 0 Å². The van der Waals surface area contributed by atoms with Gasteiger partial charge in [-0.3, -0.25) is 0 Å². The Kier molecular flexibility index (Phi) is 6.92. The average Bonchev–Trinajstić information content (AvgIpc) is 2.65. The summed E-state index contributed by atoms with van der Waals surface area (Å²) >= 11 is 0. The van der Waals surface area contributed by atoms with Crippen LogP contribution >= 0.6 is 0 Å². The lowest BCUT2D eigenvalue weighted by atomic mass is 9.63. The molecule has 1 saturated carbocycles. The van der Waals surface area contributed by atoms with Crippen LogP contribution in [0.4, 0.5) is 0 Å². The molecule has 2 unspecified atom stereocenters. The number of hydrogen-bond acceptors (Lipinski definition) is 4. The van der Waals surface area contributed by atoms with Gasteiger partial charge in [-0.05, 0) is 68.2 Å². The van der Waals surface area contributed by atoms with Crippen molar-refractivity contribution in [3.8, 4) is 0 Å². The Morgan fingerprint density at radius 2 is 1.25 bits per heavy atom. The molecule has 0 aromatic heterocycles. The second-order valence-corrected chi connectivity index (χ2v) is 13.8. The molecule has 0 aliphatic heterocycles. The maximum atomic E-state index is 12.9. The van der Waals surface area contributed by atoms with Gasteiger partial charge in [0.05, 0.1) is 9.79 Å². The lowest BCUT2D eigenvalue weighted by Gasteiger charge is -2.46. The minimum atomic E-state index is -3.66. The van der Waals surface area contributed by atoms with Gasteiger partial charge >= 0.3 is 0 Å². The van der Waals surface area contributed by atoms with E-state index in [9.17, 15) is 16.8 Å². The Bertz CT molecular complexity index is 1160. The van der Waals surface area contributed by atoms with E-state index in [1.54, 1.807) is 48.5 Å². The van der Waals surface area contributed by atoms with E-state index in [1.165, 1.54) is 0 Å². The average molecular weight is 479 g/mol. The van der Waals surface area contributed by atoms with Gasteiger partial charge in [0, 0.05) is 12.6 Å². The molecular weight excluding hydrogens is 444 g/mol. The molecule has 176 valence electrons. The van der Waals surface area contributed by atoms with Crippen molar-refractivity contribution in [2.24, 2.45) is 10.8 Å². The first-order chi connectivity index (χ1) is 14.7. The smallest absolute Gasteiger partial charge is 0.211 e. The predicted molar refractivity (Wildman–Crippen MR) is 127 cm³/mol. The highest BCUT2D eigenvalue weighted by molar-refractivity contribution is 7.89. The Balaban J connectivity index is 1.75. The zero-order valence-electron chi connectivity index (χ0n) is 19.5. The summed E-state index contributed by atoms with van der Waals surface area (Å²) < 4.78 is 57.1. The summed E-state index contributed by atoms with van der Waals surface area (Å²) in [5.41, 5.74) is 1.47. The lowest BCUT2D eigenvalue weighted by Crippen LogP contribution is -2.50. The molecule has 6 nitrogen and oxygen atoms in total. The molecule has 3 rings (SSSR count). The molecular formula is C24H34N2O4S2. The van der Waals surface area contributed by atoms with Crippen LogP contribution in [0.3, 0.4) is 0 Å². The second kappa shape index (κ2) is 8.89. The van der Waals surface area contributed by atoms with E-state index in [0.717, 1.165) is 17.5 Å². The zero-order valence-corrected chi connectivity index (χ0v) is 21.1. The van der Waals surface area contributed by atoms with Crippen molar-refractivity contribution in [3.05, 3.63) is 59.7 Å². The Morgan fingerprint density at radius 3 is 1.75 bits per heavy atom. The molecule has 0 spiro atoms. The third-order valence-corrected chi connectivity index (χ3v) is 9.07. The van der Waals surface area contributed by atoms with Gasteiger partial charge in [0.1, 0.15) is 0 Å². The third kappa shape index (κ3) is 6.19. The van der Waals surface area contributed by atoms with Crippen LogP contribution in [-0.4, -0.2) is 29.4 Å². The van der Waals surface area contributed by atoms with Gasteiger partial charge in [0.15, 0.2) is 0 Å². The second-order valence-electron chi connectivity index (χ2n) is 10.3. The van der Waals surface area contributed by atoms with Crippen molar-refractivity contribution in [2.75, 3.05) is 6.54 Å². The minimum absolute atomic E-state index is 0.136. The van der Waals surface area contributed by atoms with Crippen molar-refractivity contribution in [1.82, 2.24) is 9.44 Å². The molecule has 0 radical (unpaired) electrons. The molecule has 1 aliphatic rings. The van der Waals surface area contributed by atoms with Gasteiger partial charge in [-0.25, -0.2) is 26.3 Å². The largest absolute Gasteiger partial charge is 0.240 e. The predicted octanol–water partition coefficient (Wildman–Crippen LogP) is 4.15. The van der Waals surface area contributed by atoms with Gasteiger partial charge in [0.2, 0.25) is 20.0 Å². The van der Waals surface area contributed by atoms with Crippen LogP contribution in [0.25, 0.3) is 0 Å². The van der Waals surface area contributed by atoms with Crippen LogP contribution in [-0.2, 0) is 20.0 Å². The van der Waals surface area contributed by atoms with Gasteiger partial charge in [-0.1, -0.05) is 56.2 Å². The zero-order chi connectivity index (χ0) is 23.8. The molecule has 2 aromatic carbocycles. The van der Waals surface area contributed by atoms with Gasteiger partial charge in [0.25, 0.3) is 0 Å². The van der Waals surface area contributed by atoms with Crippen LogP contribution < -0.4 is 9.44 Å². The number of benzene rings is 2. The normalized spacial score (nSPS) is 23.7. The van der Waals surface area contributed by atoms with Gasteiger partial charge in [-0.2, -0.15) is 0 Å². The van der Waals surface area contributed by atoms with E-state index in [0.29, 0.717) is 12.8 Å². The van der Waals surface area contributed by atoms with Crippen molar-refractivity contribution in [1.29, 1.82) is 0 Å². The van der Waals surface area contributed by atoms with E-state index in [1.807, 2.05) is 20.8 Å². The van der Waals surface area contributed by atoms with Crippen LogP contribution in [0, 0.1) is 24.7 Å². The van der Waals surface area contributed by atoms with Crippen LogP contribution in [0.2, 0.25) is 0 Å². The number of aryl methyl sites for hydroxylation is 2. The monoisotopic (exact) mass is 478 g/mol. The Labute approximate surface area is 192 Å². The van der Waals surface area contributed by atoms with Crippen molar-refractivity contribution in [3.63, 3.8) is 0 Å². The molecule has 2 N–H and O–H groups in total. The number of nitrogens with one attached hydrogen (secondary N) is 2. The summed E-state index contributed by atoms with van der Waals surface area (Å²) in [5.74, 6) is 0. The maximum Gasteiger partial charge on any atom is 0.240 e. The van der Waals surface area contributed by atoms with E-state index in [2.05, 4.69) is 23.3 Å². The van der Waals surface area contributed by atoms with Crippen LogP contribution in [0.5, 0.6) is 0 Å². The van der Waals surface area contributed by atoms with Crippen molar-refractivity contribution in [2.45, 2.75) is 69.7 Å². The summed E-state index contributed by atoms with van der Waals surface area (Å²) in [6, 6.07) is 13.3. The quantitative estimate of drug-likeness (QED) is 0.625. The van der Waals surface area contributed by atoms with Gasteiger partial charge < -0.3 is 0 Å². The highest BCUT2D eigenvalue weighted by Gasteiger charge is 2.43. The SMILES string of the molecule is Cc1ccc(S(=O)(=O)NCC2(C)CC(NS(=O)(=O)c3ccc(C)cc3)CC(C)(C)C2)cc1. The topological polar surface area (TPSA) is 92.3 Å². The molecule has 1 aliphatic carbocycles. The molecule has 8 heteroatoms. The number of rotatable bonds is 7. The third-order valence-electron chi connectivity index (χ3n) is 6.12. The maximum absolute atomic E-state index is 12.9. The molecule has 2 atom stereocenters. The number of hydrogen-bond donors (Lipinski definition) is 2. The molecule has 1 fully saturated rings. The van der Waals surface area contributed by atoms with Crippen LogP contribution in [0.1, 0.15) is 51.2 Å². The van der Waals surface area contributed by atoms with Crippen LogP contribution in [0.15, 0.2) is 58.3 Å². The molecule has 2 aromatic rings. The van der Waals surface area contributed by atoms with Gasteiger partial charge in [-0.15, -0.1) is 0 Å². The lowest BCUT2D eigenvalue weighted by molar-refractivity contribution is 0.0821. The minimum Gasteiger partial charge on any atom is -0.211 e. The first-order valence-electron chi connectivity index (χ1n) is 10.9. The molecule has 0 saturated heterocycles. The summed E-state index contributed by atoms with van der Waals surface area (Å²) in [5, 5.41) is 0. The fourth-order valence-electron chi connectivity index (χ4n) is 4.93. The van der Waals surface area contributed by atoms with E-state index < -0.39 is 20.0 Å². The number of sulfonamides is 2. The summed E-state index contributed by atoms with van der Waals surface area (Å²) in [6.07, 6.45) is 2.04. The molecule has 32 heavy (non-hydrogen) atoms. The van der Waals surface area contributed by atoms with E-state index in [-0.39, 0.29) is 33.2 Å².